The topological polar surface area (TPSA) is 122 Å². The summed E-state index contributed by atoms with van der Waals surface area (Å²) in [6.45, 7) is 3.77. The third-order valence-corrected chi connectivity index (χ3v) is 8.82. The van der Waals surface area contributed by atoms with Crippen LogP contribution in [0.3, 0.4) is 0 Å². The molecule has 0 saturated heterocycles. The van der Waals surface area contributed by atoms with Crippen molar-refractivity contribution in [3.63, 3.8) is 0 Å². The van der Waals surface area contributed by atoms with Crippen LogP contribution in [0.15, 0.2) is 102 Å². The lowest BCUT2D eigenvalue weighted by Crippen LogP contribution is -2.40. The highest BCUT2D eigenvalue weighted by Gasteiger charge is 2.33. The second-order valence-corrected chi connectivity index (χ2v) is 12.0. The molecule has 0 bridgehead atoms. The summed E-state index contributed by atoms with van der Waals surface area (Å²) < 4.78 is 42.1. The van der Waals surface area contributed by atoms with Gasteiger partial charge in [-0.2, -0.15) is 8.42 Å². The van der Waals surface area contributed by atoms with Gasteiger partial charge in [0.25, 0.3) is 0 Å². The molecule has 4 aromatic carbocycles. The van der Waals surface area contributed by atoms with E-state index < -0.39 is 34.0 Å². The number of nitrogens with two attached hydrogens (primary N) is 1. The van der Waals surface area contributed by atoms with Gasteiger partial charge in [-0.25, -0.2) is 0 Å². The van der Waals surface area contributed by atoms with Crippen molar-refractivity contribution < 1.29 is 31.7 Å². The zero-order valence-electron chi connectivity index (χ0n) is 23.9. The Balaban J connectivity index is 1.36. The van der Waals surface area contributed by atoms with Gasteiger partial charge in [0.1, 0.15) is 23.3 Å². The number of benzene rings is 4. The molecule has 0 radical (unpaired) electrons. The number of carbonyl (C=O) groups excluding carboxylic acids is 2. The number of rotatable bonds is 11. The highest BCUT2D eigenvalue weighted by molar-refractivity contribution is 7.87. The minimum atomic E-state index is -4.12. The molecule has 2 unspecified atom stereocenters. The Morgan fingerprint density at radius 1 is 0.837 bits per heavy atom. The molecular weight excluding hydrogens is 566 g/mol. The number of hydrogen-bond donors (Lipinski definition) is 1. The summed E-state index contributed by atoms with van der Waals surface area (Å²) >= 11 is 0. The largest absolute Gasteiger partial charge is 0.466 e. The molecule has 0 amide bonds. The minimum absolute atomic E-state index is 0.00177. The molecule has 0 fully saturated rings. The first kappa shape index (κ1) is 30.0. The normalized spacial score (nSPS) is 13.8. The molecule has 43 heavy (non-hydrogen) atoms. The number of aryl methyl sites for hydroxylation is 1. The highest BCUT2D eigenvalue weighted by Crippen LogP contribution is 2.44. The zero-order chi connectivity index (χ0) is 30.6. The monoisotopic (exact) mass is 599 g/mol. The van der Waals surface area contributed by atoms with Crippen LogP contribution in [0.5, 0.6) is 5.75 Å². The van der Waals surface area contributed by atoms with E-state index in [0.29, 0.717) is 5.56 Å². The van der Waals surface area contributed by atoms with Crippen LogP contribution in [0.2, 0.25) is 0 Å². The fourth-order valence-corrected chi connectivity index (χ4v) is 6.32. The van der Waals surface area contributed by atoms with Crippen molar-refractivity contribution in [2.45, 2.75) is 43.0 Å². The summed E-state index contributed by atoms with van der Waals surface area (Å²) in [5.41, 5.74) is 12.1. The van der Waals surface area contributed by atoms with Gasteiger partial charge in [-0.15, -0.1) is 0 Å². The van der Waals surface area contributed by atoms with E-state index >= 15 is 0 Å². The molecular formula is C34H33NO7S. The number of hydrogen-bond acceptors (Lipinski definition) is 8. The van der Waals surface area contributed by atoms with Crippen LogP contribution in [0.1, 0.15) is 47.4 Å². The standard InChI is InChI=1S/C34H33NO7S/c1-3-40-32(36)20-30(23-9-8-10-24(19-23)42-43(38,39)25-17-15-22(2)16-18-25)33(35)34(37)41-21-31-28-13-6-4-11-26(28)27-12-5-7-14-29(27)31/h4-19,30-31,33H,3,20-21,35H2,1-2H3. The van der Waals surface area contributed by atoms with E-state index in [2.05, 4.69) is 0 Å². The van der Waals surface area contributed by atoms with E-state index in [1.54, 1.807) is 31.2 Å². The lowest BCUT2D eigenvalue weighted by Gasteiger charge is -2.24. The average Bonchev–Trinajstić information content (AvgIpc) is 3.32. The fourth-order valence-electron chi connectivity index (χ4n) is 5.39. The Morgan fingerprint density at radius 2 is 1.47 bits per heavy atom. The van der Waals surface area contributed by atoms with Crippen LogP contribution in [0.4, 0.5) is 0 Å². The molecule has 0 aliphatic heterocycles. The Hall–Kier alpha value is -4.47. The summed E-state index contributed by atoms with van der Waals surface area (Å²) in [7, 11) is -4.12. The van der Waals surface area contributed by atoms with Crippen molar-refractivity contribution >= 4 is 22.1 Å². The SMILES string of the molecule is CCOC(=O)CC(c1cccc(OS(=O)(=O)c2ccc(C)cc2)c1)C(N)C(=O)OCC1c2ccccc2-c2ccccc21. The lowest BCUT2D eigenvalue weighted by molar-refractivity contribution is -0.147. The molecule has 5 rings (SSSR count). The van der Waals surface area contributed by atoms with Gasteiger partial charge < -0.3 is 19.4 Å². The quantitative estimate of drug-likeness (QED) is 0.178. The molecule has 1 aliphatic carbocycles. The van der Waals surface area contributed by atoms with Crippen molar-refractivity contribution in [1.82, 2.24) is 0 Å². The molecule has 9 heteroatoms. The summed E-state index contributed by atoms with van der Waals surface area (Å²) in [6.07, 6.45) is -0.215. The Labute approximate surface area is 251 Å². The average molecular weight is 600 g/mol. The second-order valence-electron chi connectivity index (χ2n) is 10.4. The first-order valence-electron chi connectivity index (χ1n) is 14.0. The highest BCUT2D eigenvalue weighted by atomic mass is 32.2. The summed E-state index contributed by atoms with van der Waals surface area (Å²) in [5, 5.41) is 0. The smallest absolute Gasteiger partial charge is 0.339 e. The zero-order valence-corrected chi connectivity index (χ0v) is 24.8. The van der Waals surface area contributed by atoms with Crippen LogP contribution < -0.4 is 9.92 Å². The van der Waals surface area contributed by atoms with Gasteiger partial charge in [0.15, 0.2) is 0 Å². The van der Waals surface area contributed by atoms with E-state index in [9.17, 15) is 18.0 Å². The third kappa shape index (κ3) is 6.63. The van der Waals surface area contributed by atoms with E-state index in [0.717, 1.165) is 27.8 Å². The van der Waals surface area contributed by atoms with Crippen molar-refractivity contribution in [3.8, 4) is 16.9 Å². The van der Waals surface area contributed by atoms with Gasteiger partial charge in [0, 0.05) is 11.8 Å². The van der Waals surface area contributed by atoms with Gasteiger partial charge in [-0.3, -0.25) is 9.59 Å². The maximum absolute atomic E-state index is 13.4. The molecule has 0 aromatic heterocycles. The second kappa shape index (κ2) is 12.8. The van der Waals surface area contributed by atoms with Crippen LogP contribution in [-0.2, 0) is 29.2 Å². The van der Waals surface area contributed by atoms with E-state index in [-0.39, 0.29) is 36.2 Å². The van der Waals surface area contributed by atoms with Crippen LogP contribution >= 0.6 is 0 Å². The Bertz CT molecular complexity index is 1690. The summed E-state index contributed by atoms with van der Waals surface area (Å²) in [6, 6.07) is 27.2. The van der Waals surface area contributed by atoms with Gasteiger partial charge in [-0.05, 0) is 65.9 Å². The Kier molecular flexibility index (Phi) is 8.94. The molecule has 222 valence electrons. The number of fused-ring (bicyclic) bond motifs is 3. The fraction of sp³-hybridized carbons (Fsp3) is 0.235. The van der Waals surface area contributed by atoms with E-state index in [1.165, 1.54) is 24.3 Å². The third-order valence-electron chi connectivity index (χ3n) is 7.55. The molecule has 2 N–H and O–H groups in total. The van der Waals surface area contributed by atoms with Crippen molar-refractivity contribution in [2.75, 3.05) is 13.2 Å². The molecule has 8 nitrogen and oxygen atoms in total. The minimum Gasteiger partial charge on any atom is -0.466 e. The van der Waals surface area contributed by atoms with Crippen LogP contribution in [0.25, 0.3) is 11.1 Å². The molecule has 1 aliphatic rings. The predicted molar refractivity (Wildman–Crippen MR) is 162 cm³/mol. The van der Waals surface area contributed by atoms with Crippen molar-refractivity contribution in [2.24, 2.45) is 5.73 Å². The molecule has 0 heterocycles. The molecule has 4 aromatic rings. The van der Waals surface area contributed by atoms with Gasteiger partial charge in [0.2, 0.25) is 0 Å². The number of esters is 2. The molecule has 0 saturated carbocycles. The van der Waals surface area contributed by atoms with Crippen LogP contribution in [-0.4, -0.2) is 39.6 Å². The van der Waals surface area contributed by atoms with E-state index in [1.807, 2.05) is 55.5 Å². The predicted octanol–water partition coefficient (Wildman–Crippen LogP) is 5.48. The maximum Gasteiger partial charge on any atom is 0.339 e. The molecule has 2 atom stereocenters. The van der Waals surface area contributed by atoms with Gasteiger partial charge in [0.05, 0.1) is 13.0 Å². The first-order chi connectivity index (χ1) is 20.7. The first-order valence-corrected chi connectivity index (χ1v) is 15.5. The van der Waals surface area contributed by atoms with Crippen LogP contribution in [0, 0.1) is 6.92 Å². The Morgan fingerprint density at radius 3 is 2.09 bits per heavy atom. The summed E-state index contributed by atoms with van der Waals surface area (Å²) in [5.74, 6) is -2.23. The summed E-state index contributed by atoms with van der Waals surface area (Å²) in [4.78, 5) is 25.9. The van der Waals surface area contributed by atoms with Gasteiger partial charge in [-0.1, -0.05) is 78.4 Å². The van der Waals surface area contributed by atoms with Crippen molar-refractivity contribution in [1.29, 1.82) is 0 Å². The number of ether oxygens (including phenoxy) is 2. The maximum atomic E-state index is 13.4. The van der Waals surface area contributed by atoms with E-state index in [4.69, 9.17) is 19.4 Å². The lowest BCUT2D eigenvalue weighted by atomic mass is 9.88. The van der Waals surface area contributed by atoms with Crippen molar-refractivity contribution in [3.05, 3.63) is 119 Å². The number of carbonyl (C=O) groups is 2. The van der Waals surface area contributed by atoms with Gasteiger partial charge >= 0.3 is 22.1 Å². The molecule has 0 spiro atoms.